The third kappa shape index (κ3) is 3.33. The predicted octanol–water partition coefficient (Wildman–Crippen LogP) is 5.76. The minimum atomic E-state index is -1.30. The zero-order chi connectivity index (χ0) is 21.9. The van der Waals surface area contributed by atoms with Crippen LogP contribution in [-0.4, -0.2) is 27.7 Å². The largest absolute Gasteiger partial charge is 0.393 e. The van der Waals surface area contributed by atoms with Gasteiger partial charge in [-0.1, -0.05) is 53.9 Å². The Morgan fingerprint density at radius 1 is 1.00 bits per heavy atom. The molecule has 172 valence electrons. The number of rotatable bonds is 5. The Labute approximate surface area is 184 Å². The molecule has 30 heavy (non-hydrogen) atoms. The van der Waals surface area contributed by atoms with Crippen molar-refractivity contribution in [2.24, 2.45) is 46.3 Å². The van der Waals surface area contributed by atoms with Crippen LogP contribution in [0, 0.1) is 46.3 Å². The third-order valence-corrected chi connectivity index (χ3v) is 10.8. The van der Waals surface area contributed by atoms with Gasteiger partial charge in [-0.25, -0.2) is 0 Å². The van der Waals surface area contributed by atoms with E-state index in [1.165, 1.54) is 38.5 Å². The van der Waals surface area contributed by atoms with Crippen molar-refractivity contribution in [3.8, 4) is 0 Å². The summed E-state index contributed by atoms with van der Waals surface area (Å²) in [5, 5.41) is 21.7. The minimum Gasteiger partial charge on any atom is -0.393 e. The lowest BCUT2D eigenvalue weighted by Gasteiger charge is -2.63. The molecule has 3 heteroatoms. The molecule has 0 heterocycles. The summed E-state index contributed by atoms with van der Waals surface area (Å²) >= 11 is 0. The molecule has 0 aromatic rings. The molecule has 4 aliphatic rings. The number of hydrogen-bond donors (Lipinski definition) is 2. The number of fused-ring (bicyclic) bond motifs is 5. The molecule has 0 amide bonds. The van der Waals surface area contributed by atoms with Gasteiger partial charge in [0.25, 0.3) is 0 Å². The van der Waals surface area contributed by atoms with Crippen LogP contribution in [0.15, 0.2) is 0 Å². The lowest BCUT2D eigenvalue weighted by molar-refractivity contribution is -0.213. The highest BCUT2D eigenvalue weighted by molar-refractivity contribution is 5.89. The number of hydrogen-bond acceptors (Lipinski definition) is 3. The van der Waals surface area contributed by atoms with E-state index in [4.69, 9.17) is 0 Å². The Balaban J connectivity index is 1.54. The van der Waals surface area contributed by atoms with Crippen molar-refractivity contribution >= 4 is 5.78 Å². The monoisotopic (exact) mass is 418 g/mol. The van der Waals surface area contributed by atoms with Crippen LogP contribution in [0.4, 0.5) is 0 Å². The molecule has 0 radical (unpaired) electrons. The number of carbonyl (C=O) groups excluding carboxylic acids is 1. The van der Waals surface area contributed by atoms with Gasteiger partial charge in [0.15, 0.2) is 5.78 Å². The van der Waals surface area contributed by atoms with Crippen molar-refractivity contribution in [2.45, 2.75) is 117 Å². The summed E-state index contributed by atoms with van der Waals surface area (Å²) in [4.78, 5) is 13.3. The Morgan fingerprint density at radius 3 is 2.43 bits per heavy atom. The van der Waals surface area contributed by atoms with Gasteiger partial charge >= 0.3 is 0 Å². The first-order chi connectivity index (χ1) is 14.0. The van der Waals surface area contributed by atoms with Gasteiger partial charge in [0.05, 0.1) is 6.10 Å². The normalized spacial score (nSPS) is 49.5. The smallest absolute Gasteiger partial charge is 0.165 e. The molecule has 4 rings (SSSR count). The van der Waals surface area contributed by atoms with E-state index < -0.39 is 11.7 Å². The molecular formula is C27H46O3. The summed E-state index contributed by atoms with van der Waals surface area (Å²) in [6.07, 6.45) is 10.8. The Hall–Kier alpha value is -0.410. The minimum absolute atomic E-state index is 0.0303. The second-order valence-electron chi connectivity index (χ2n) is 12.7. The van der Waals surface area contributed by atoms with E-state index in [1.54, 1.807) is 0 Å². The number of ketones is 1. The Bertz CT molecular complexity index is 658. The van der Waals surface area contributed by atoms with Crippen molar-refractivity contribution in [3.05, 3.63) is 0 Å². The fraction of sp³-hybridized carbons (Fsp3) is 0.963. The average Bonchev–Trinajstić information content (AvgIpc) is 3.01. The van der Waals surface area contributed by atoms with E-state index in [-0.39, 0.29) is 17.6 Å². The number of aliphatic hydroxyl groups excluding tert-OH is 1. The van der Waals surface area contributed by atoms with Crippen molar-refractivity contribution in [1.29, 1.82) is 0 Å². The highest BCUT2D eigenvalue weighted by atomic mass is 16.3. The first-order valence-corrected chi connectivity index (χ1v) is 13.0. The number of Topliss-reactive ketones (excluding diaryl/α,β-unsaturated/α-hetero) is 1. The zero-order valence-corrected chi connectivity index (χ0v) is 20.1. The van der Waals surface area contributed by atoms with Gasteiger partial charge in [-0.2, -0.15) is 0 Å². The second-order valence-corrected chi connectivity index (χ2v) is 12.7. The maximum absolute atomic E-state index is 13.3. The molecule has 1 unspecified atom stereocenters. The summed E-state index contributed by atoms with van der Waals surface area (Å²) < 4.78 is 0. The molecule has 9 atom stereocenters. The second kappa shape index (κ2) is 7.87. The zero-order valence-electron chi connectivity index (χ0n) is 20.1. The lowest BCUT2D eigenvalue weighted by atomic mass is 9.42. The van der Waals surface area contributed by atoms with Crippen LogP contribution in [0.1, 0.15) is 105 Å². The fourth-order valence-electron chi connectivity index (χ4n) is 9.04. The first kappa shape index (κ1) is 22.8. The summed E-state index contributed by atoms with van der Waals surface area (Å²) in [7, 11) is 0. The summed E-state index contributed by atoms with van der Waals surface area (Å²) in [6.45, 7) is 11.9. The first-order valence-electron chi connectivity index (χ1n) is 13.0. The van der Waals surface area contributed by atoms with Gasteiger partial charge in [0.1, 0.15) is 5.60 Å². The van der Waals surface area contributed by atoms with Crippen molar-refractivity contribution in [2.75, 3.05) is 0 Å². The average molecular weight is 419 g/mol. The van der Waals surface area contributed by atoms with Gasteiger partial charge < -0.3 is 10.2 Å². The quantitative estimate of drug-likeness (QED) is 0.596. The topological polar surface area (TPSA) is 57.5 Å². The van der Waals surface area contributed by atoms with Crippen LogP contribution >= 0.6 is 0 Å². The maximum atomic E-state index is 13.3. The Morgan fingerprint density at radius 2 is 1.73 bits per heavy atom. The van der Waals surface area contributed by atoms with Crippen LogP contribution < -0.4 is 0 Å². The standard InChI is InChI=1S/C27H46O3/c1-17(2)7-6-8-18(3)21-9-10-22-20-15-24(29)27(30)16-19(28)11-14-26(27,5)23(20)12-13-25(21,22)4/h17-23,28,30H,6-16H2,1-5H3/t18-,19?,20+,21-,22+,23+,25-,26-,27+/m1/s1. The van der Waals surface area contributed by atoms with Gasteiger partial charge in [-0.3, -0.25) is 4.79 Å². The molecule has 0 bridgehead atoms. The molecule has 0 spiro atoms. The van der Waals surface area contributed by atoms with Gasteiger partial charge in [0, 0.05) is 18.3 Å². The molecule has 0 saturated heterocycles. The summed E-state index contributed by atoms with van der Waals surface area (Å²) in [5.74, 6) is 3.87. The van der Waals surface area contributed by atoms with Crippen LogP contribution in [-0.2, 0) is 4.79 Å². The van der Waals surface area contributed by atoms with Gasteiger partial charge in [-0.05, 0) is 79.4 Å². The van der Waals surface area contributed by atoms with Crippen molar-refractivity contribution < 1.29 is 15.0 Å². The molecule has 0 aromatic carbocycles. The summed E-state index contributed by atoms with van der Waals surface area (Å²) in [5.41, 5.74) is -1.30. The van der Waals surface area contributed by atoms with E-state index in [1.807, 2.05) is 0 Å². The fourth-order valence-corrected chi connectivity index (χ4v) is 9.04. The van der Waals surface area contributed by atoms with E-state index >= 15 is 0 Å². The van der Waals surface area contributed by atoms with Crippen LogP contribution in [0.5, 0.6) is 0 Å². The molecule has 3 nitrogen and oxygen atoms in total. The maximum Gasteiger partial charge on any atom is 0.165 e. The van der Waals surface area contributed by atoms with E-state index in [0.717, 1.165) is 37.0 Å². The van der Waals surface area contributed by atoms with Gasteiger partial charge in [-0.15, -0.1) is 0 Å². The molecule has 4 aliphatic carbocycles. The molecule has 2 N–H and O–H groups in total. The lowest BCUT2D eigenvalue weighted by Crippen LogP contribution is -2.67. The Kier molecular flexibility index (Phi) is 5.97. The molecule has 0 aliphatic heterocycles. The van der Waals surface area contributed by atoms with Crippen molar-refractivity contribution in [1.82, 2.24) is 0 Å². The third-order valence-electron chi connectivity index (χ3n) is 10.8. The van der Waals surface area contributed by atoms with E-state index in [0.29, 0.717) is 29.6 Å². The van der Waals surface area contributed by atoms with E-state index in [2.05, 4.69) is 34.6 Å². The van der Waals surface area contributed by atoms with Crippen LogP contribution in [0.3, 0.4) is 0 Å². The van der Waals surface area contributed by atoms with Crippen LogP contribution in [0.2, 0.25) is 0 Å². The molecule has 4 fully saturated rings. The highest BCUT2D eigenvalue weighted by Crippen LogP contribution is 2.68. The van der Waals surface area contributed by atoms with Crippen molar-refractivity contribution in [3.63, 3.8) is 0 Å². The predicted molar refractivity (Wildman–Crippen MR) is 121 cm³/mol. The number of aliphatic hydroxyl groups is 2. The summed E-state index contributed by atoms with van der Waals surface area (Å²) in [6, 6.07) is 0. The number of carbonyl (C=O) groups is 1. The molecule has 4 saturated carbocycles. The van der Waals surface area contributed by atoms with Crippen LogP contribution in [0.25, 0.3) is 0 Å². The van der Waals surface area contributed by atoms with E-state index in [9.17, 15) is 15.0 Å². The SMILES string of the molecule is CC(C)CCC[C@@H](C)[C@H]1CC[C@H]2[C@@H]3CC(=O)[C@@]4(O)CC(O)CC[C@]4(C)[C@H]3CC[C@]12C. The molecule has 0 aromatic heterocycles. The molecular weight excluding hydrogens is 372 g/mol. The van der Waals surface area contributed by atoms with Gasteiger partial charge in [0.2, 0.25) is 0 Å². The highest BCUT2D eigenvalue weighted by Gasteiger charge is 2.67.